The first-order valence-electron chi connectivity index (χ1n) is 9.57. The number of carbonyl (C=O) groups is 3. The molecule has 1 aromatic rings. The van der Waals surface area contributed by atoms with E-state index in [0.29, 0.717) is 56.8 Å². The van der Waals surface area contributed by atoms with Crippen LogP contribution in [0.3, 0.4) is 0 Å². The third kappa shape index (κ3) is 3.74. The fourth-order valence-corrected chi connectivity index (χ4v) is 3.89. The molecule has 3 fully saturated rings. The van der Waals surface area contributed by atoms with Crippen LogP contribution in [0.15, 0.2) is 24.3 Å². The maximum absolute atomic E-state index is 12.7. The van der Waals surface area contributed by atoms with Crippen LogP contribution in [0.25, 0.3) is 0 Å². The number of benzene rings is 1. The summed E-state index contributed by atoms with van der Waals surface area (Å²) in [5.41, 5.74) is 1.00. The Balaban J connectivity index is 1.27. The molecule has 150 valence electrons. The van der Waals surface area contributed by atoms with E-state index in [0.717, 1.165) is 0 Å². The van der Waals surface area contributed by atoms with Gasteiger partial charge in [-0.1, -0.05) is 0 Å². The van der Waals surface area contributed by atoms with Crippen molar-refractivity contribution in [3.05, 3.63) is 29.8 Å². The molecule has 3 aliphatic rings. The molecule has 1 saturated carbocycles. The lowest BCUT2D eigenvalue weighted by molar-refractivity contribution is -0.187. The fourth-order valence-electron chi connectivity index (χ4n) is 3.89. The molecule has 2 amide bonds. The maximum atomic E-state index is 12.7. The first-order valence-corrected chi connectivity index (χ1v) is 9.57. The Morgan fingerprint density at radius 3 is 2.32 bits per heavy atom. The second kappa shape index (κ2) is 7.52. The second-order valence-corrected chi connectivity index (χ2v) is 7.44. The first kappa shape index (κ1) is 18.9. The molecule has 1 aromatic carbocycles. The van der Waals surface area contributed by atoms with Crippen molar-refractivity contribution in [2.45, 2.75) is 25.0 Å². The molecule has 2 saturated heterocycles. The molecule has 0 bridgehead atoms. The molecule has 0 radical (unpaired) electrons. The average Bonchev–Trinajstić information content (AvgIpc) is 3.41. The highest BCUT2D eigenvalue weighted by atomic mass is 16.7. The molecule has 2 unspecified atom stereocenters. The number of methoxy groups -OCH3 is 1. The summed E-state index contributed by atoms with van der Waals surface area (Å²) in [5.74, 6) is -1.62. The van der Waals surface area contributed by atoms with Gasteiger partial charge in [-0.25, -0.2) is 4.79 Å². The molecule has 1 N–H and O–H groups in total. The van der Waals surface area contributed by atoms with Crippen LogP contribution in [0, 0.1) is 11.8 Å². The van der Waals surface area contributed by atoms with Crippen molar-refractivity contribution in [3.8, 4) is 0 Å². The van der Waals surface area contributed by atoms with Gasteiger partial charge in [0.2, 0.25) is 11.8 Å². The van der Waals surface area contributed by atoms with Gasteiger partial charge in [0.05, 0.1) is 37.7 Å². The zero-order valence-corrected chi connectivity index (χ0v) is 15.8. The lowest BCUT2D eigenvalue weighted by atomic mass is 10.0. The number of piperidine rings is 1. The number of nitrogens with one attached hydrogen (secondary N) is 1. The smallest absolute Gasteiger partial charge is 0.337 e. The van der Waals surface area contributed by atoms with Crippen molar-refractivity contribution >= 4 is 23.5 Å². The van der Waals surface area contributed by atoms with E-state index in [4.69, 9.17) is 9.47 Å². The standard InChI is InChI=1S/C20H24N2O6/c1-26-19(25)13-2-4-14(5-3-13)21-17(23)15-12-16(15)18(24)22-8-6-20(7-9-22)27-10-11-28-20/h2-5,15-16H,6-12H2,1H3,(H,21,23). The summed E-state index contributed by atoms with van der Waals surface area (Å²) in [6.45, 7) is 2.41. The summed E-state index contributed by atoms with van der Waals surface area (Å²) < 4.78 is 16.0. The third-order valence-corrected chi connectivity index (χ3v) is 5.67. The number of ether oxygens (including phenoxy) is 3. The highest BCUT2D eigenvalue weighted by Crippen LogP contribution is 2.42. The minimum Gasteiger partial charge on any atom is -0.465 e. The summed E-state index contributed by atoms with van der Waals surface area (Å²) >= 11 is 0. The summed E-state index contributed by atoms with van der Waals surface area (Å²) in [6, 6.07) is 6.48. The van der Waals surface area contributed by atoms with Gasteiger partial charge in [0, 0.05) is 31.6 Å². The molecule has 4 rings (SSSR count). The Labute approximate surface area is 163 Å². The molecular formula is C20H24N2O6. The van der Waals surface area contributed by atoms with Gasteiger partial charge in [-0.05, 0) is 30.7 Å². The maximum Gasteiger partial charge on any atom is 0.337 e. The molecule has 2 aliphatic heterocycles. The van der Waals surface area contributed by atoms with Gasteiger partial charge in [-0.3, -0.25) is 9.59 Å². The number of carbonyl (C=O) groups excluding carboxylic acids is 3. The Kier molecular flexibility index (Phi) is 5.07. The lowest BCUT2D eigenvalue weighted by Crippen LogP contribution is -2.48. The normalized spacial score (nSPS) is 25.4. The number of rotatable bonds is 4. The fraction of sp³-hybridized carbons (Fsp3) is 0.550. The van der Waals surface area contributed by atoms with E-state index in [1.165, 1.54) is 7.11 Å². The highest BCUT2D eigenvalue weighted by Gasteiger charge is 2.51. The summed E-state index contributed by atoms with van der Waals surface area (Å²) in [5, 5.41) is 2.81. The van der Waals surface area contributed by atoms with Crippen LogP contribution in [-0.2, 0) is 23.8 Å². The number of amides is 2. The summed E-state index contributed by atoms with van der Waals surface area (Å²) in [6.07, 6.45) is 1.92. The number of hydrogen-bond acceptors (Lipinski definition) is 6. The van der Waals surface area contributed by atoms with Crippen LogP contribution in [0.2, 0.25) is 0 Å². The van der Waals surface area contributed by atoms with E-state index in [1.54, 1.807) is 24.3 Å². The number of anilines is 1. The Morgan fingerprint density at radius 1 is 1.07 bits per heavy atom. The SMILES string of the molecule is COC(=O)c1ccc(NC(=O)C2CC2C(=O)N2CCC3(CC2)OCCO3)cc1. The van der Waals surface area contributed by atoms with E-state index in [9.17, 15) is 14.4 Å². The monoisotopic (exact) mass is 388 g/mol. The molecule has 1 aliphatic carbocycles. The summed E-state index contributed by atoms with van der Waals surface area (Å²) in [4.78, 5) is 38.4. The van der Waals surface area contributed by atoms with Gasteiger partial charge in [0.25, 0.3) is 0 Å². The first-order chi connectivity index (χ1) is 13.5. The average molecular weight is 388 g/mol. The van der Waals surface area contributed by atoms with E-state index >= 15 is 0 Å². The molecule has 1 spiro atoms. The number of esters is 1. The number of likely N-dealkylation sites (tertiary alicyclic amines) is 1. The minimum atomic E-state index is -0.506. The van der Waals surface area contributed by atoms with Crippen molar-refractivity contribution in [2.24, 2.45) is 11.8 Å². The summed E-state index contributed by atoms with van der Waals surface area (Å²) in [7, 11) is 1.32. The molecule has 8 heteroatoms. The van der Waals surface area contributed by atoms with Crippen LogP contribution in [0.4, 0.5) is 5.69 Å². The zero-order valence-electron chi connectivity index (χ0n) is 15.8. The van der Waals surface area contributed by atoms with Crippen LogP contribution in [0.1, 0.15) is 29.6 Å². The molecule has 8 nitrogen and oxygen atoms in total. The van der Waals surface area contributed by atoms with Crippen LogP contribution in [-0.4, -0.2) is 61.9 Å². The van der Waals surface area contributed by atoms with Gasteiger partial charge in [-0.2, -0.15) is 0 Å². The van der Waals surface area contributed by atoms with E-state index in [2.05, 4.69) is 10.1 Å². The quantitative estimate of drug-likeness (QED) is 0.784. The Hall–Kier alpha value is -2.45. The topological polar surface area (TPSA) is 94.2 Å². The van der Waals surface area contributed by atoms with Crippen molar-refractivity contribution in [1.82, 2.24) is 4.90 Å². The van der Waals surface area contributed by atoms with Crippen LogP contribution < -0.4 is 5.32 Å². The number of hydrogen-bond donors (Lipinski definition) is 1. The second-order valence-electron chi connectivity index (χ2n) is 7.44. The molecular weight excluding hydrogens is 364 g/mol. The van der Waals surface area contributed by atoms with Gasteiger partial charge < -0.3 is 24.4 Å². The third-order valence-electron chi connectivity index (χ3n) is 5.67. The van der Waals surface area contributed by atoms with Crippen molar-refractivity contribution in [2.75, 3.05) is 38.7 Å². The lowest BCUT2D eigenvalue weighted by Gasteiger charge is -2.37. The predicted octanol–water partition coefficient (Wildman–Crippen LogP) is 1.41. The van der Waals surface area contributed by atoms with Crippen molar-refractivity contribution < 1.29 is 28.6 Å². The zero-order chi connectivity index (χ0) is 19.7. The van der Waals surface area contributed by atoms with Gasteiger partial charge in [0.1, 0.15) is 0 Å². The predicted molar refractivity (Wildman–Crippen MR) is 98.5 cm³/mol. The largest absolute Gasteiger partial charge is 0.465 e. The Morgan fingerprint density at radius 2 is 1.71 bits per heavy atom. The van der Waals surface area contributed by atoms with Crippen molar-refractivity contribution in [1.29, 1.82) is 0 Å². The molecule has 0 aromatic heterocycles. The minimum absolute atomic E-state index is 0.0361. The van der Waals surface area contributed by atoms with E-state index < -0.39 is 11.8 Å². The van der Waals surface area contributed by atoms with Gasteiger partial charge in [-0.15, -0.1) is 0 Å². The van der Waals surface area contributed by atoms with Crippen LogP contribution >= 0.6 is 0 Å². The molecule has 2 atom stereocenters. The van der Waals surface area contributed by atoms with Gasteiger partial charge >= 0.3 is 5.97 Å². The van der Waals surface area contributed by atoms with E-state index in [1.807, 2.05) is 4.90 Å². The Bertz CT molecular complexity index is 761. The van der Waals surface area contributed by atoms with E-state index in [-0.39, 0.29) is 23.7 Å². The number of nitrogens with zero attached hydrogens (tertiary/aromatic N) is 1. The highest BCUT2D eigenvalue weighted by molar-refractivity contribution is 6.00. The molecule has 28 heavy (non-hydrogen) atoms. The van der Waals surface area contributed by atoms with Crippen LogP contribution in [0.5, 0.6) is 0 Å². The molecule has 2 heterocycles. The van der Waals surface area contributed by atoms with Gasteiger partial charge in [0.15, 0.2) is 5.79 Å². The van der Waals surface area contributed by atoms with Crippen molar-refractivity contribution in [3.63, 3.8) is 0 Å².